The Morgan fingerprint density at radius 2 is 2.29 bits per heavy atom. The number of hydrogen-bond donors (Lipinski definition) is 1. The van der Waals surface area contributed by atoms with E-state index in [9.17, 15) is 4.79 Å². The third-order valence-electron chi connectivity index (χ3n) is 3.34. The number of ether oxygens (including phenoxy) is 1. The van der Waals surface area contributed by atoms with Crippen LogP contribution in [-0.4, -0.2) is 19.6 Å². The molecule has 3 heteroatoms. The molecule has 1 N–H and O–H groups in total. The van der Waals surface area contributed by atoms with E-state index in [0.29, 0.717) is 5.92 Å². The van der Waals surface area contributed by atoms with Crippen molar-refractivity contribution in [3.8, 4) is 0 Å². The van der Waals surface area contributed by atoms with Gasteiger partial charge in [0.25, 0.3) is 0 Å². The molecule has 1 aliphatic rings. The van der Waals surface area contributed by atoms with Crippen molar-refractivity contribution in [1.82, 2.24) is 5.32 Å². The fourth-order valence-electron chi connectivity index (χ4n) is 2.53. The predicted molar refractivity (Wildman–Crippen MR) is 66.8 cm³/mol. The summed E-state index contributed by atoms with van der Waals surface area (Å²) in [6, 6.07) is 6.61. The maximum Gasteiger partial charge on any atom is 0.246 e. The Balaban J connectivity index is 2.19. The highest BCUT2D eigenvalue weighted by atomic mass is 16.5. The molecule has 0 aliphatic heterocycles. The van der Waals surface area contributed by atoms with Gasteiger partial charge in [-0.25, -0.2) is 0 Å². The maximum absolute atomic E-state index is 11.6. The number of carbonyl (C=O) groups is 1. The van der Waals surface area contributed by atoms with E-state index in [1.54, 1.807) is 0 Å². The first-order valence-electron chi connectivity index (χ1n) is 5.99. The summed E-state index contributed by atoms with van der Waals surface area (Å²) in [5, 5.41) is 3.05. The highest BCUT2D eigenvalue weighted by Gasteiger charge is 2.30. The molecule has 3 nitrogen and oxygen atoms in total. The van der Waals surface area contributed by atoms with Crippen molar-refractivity contribution in [3.63, 3.8) is 0 Å². The van der Waals surface area contributed by atoms with Crippen molar-refractivity contribution in [2.45, 2.75) is 26.3 Å². The first-order chi connectivity index (χ1) is 8.11. The summed E-state index contributed by atoms with van der Waals surface area (Å²) in [7, 11) is 1.54. The number of nitrogens with one attached hydrogen (secondary N) is 1. The van der Waals surface area contributed by atoms with E-state index in [4.69, 9.17) is 4.74 Å². The van der Waals surface area contributed by atoms with Crippen LogP contribution in [0.4, 0.5) is 0 Å². The molecule has 0 heterocycles. The Morgan fingerprint density at radius 1 is 1.53 bits per heavy atom. The number of aryl methyl sites for hydroxylation is 1. The Bertz CT molecular complexity index is 428. The van der Waals surface area contributed by atoms with E-state index < -0.39 is 0 Å². The maximum atomic E-state index is 11.6. The number of rotatable bonds is 3. The lowest BCUT2D eigenvalue weighted by atomic mass is 10.0. The fourth-order valence-corrected chi connectivity index (χ4v) is 2.53. The van der Waals surface area contributed by atoms with E-state index in [2.05, 4.69) is 37.4 Å². The molecule has 92 valence electrons. The van der Waals surface area contributed by atoms with Gasteiger partial charge in [0.1, 0.15) is 6.61 Å². The lowest BCUT2D eigenvalue weighted by Crippen LogP contribution is -2.33. The van der Waals surface area contributed by atoms with Crippen molar-refractivity contribution in [2.75, 3.05) is 13.7 Å². The summed E-state index contributed by atoms with van der Waals surface area (Å²) < 4.78 is 4.85. The third kappa shape index (κ3) is 2.50. The second kappa shape index (κ2) is 4.88. The summed E-state index contributed by atoms with van der Waals surface area (Å²) in [4.78, 5) is 11.6. The Morgan fingerprint density at radius 3 is 3.00 bits per heavy atom. The molecule has 1 amide bonds. The Labute approximate surface area is 102 Å². The normalized spacial score (nSPS) is 22.3. The largest absolute Gasteiger partial charge is 0.375 e. The molecule has 0 fully saturated rings. The van der Waals surface area contributed by atoms with Crippen LogP contribution in [0.3, 0.4) is 0 Å². The van der Waals surface area contributed by atoms with E-state index in [0.717, 1.165) is 6.42 Å². The summed E-state index contributed by atoms with van der Waals surface area (Å²) in [5.74, 6) is 0.409. The summed E-state index contributed by atoms with van der Waals surface area (Å²) in [6.07, 6.45) is 1.04. The Hall–Kier alpha value is -1.35. The lowest BCUT2D eigenvalue weighted by Gasteiger charge is -2.18. The molecule has 2 atom stereocenters. The van der Waals surface area contributed by atoms with Crippen molar-refractivity contribution < 1.29 is 9.53 Å². The van der Waals surface area contributed by atoms with Gasteiger partial charge in [-0.05, 0) is 30.4 Å². The van der Waals surface area contributed by atoms with E-state index in [-0.39, 0.29) is 18.6 Å². The van der Waals surface area contributed by atoms with E-state index in [1.807, 2.05) is 0 Å². The van der Waals surface area contributed by atoms with Crippen molar-refractivity contribution >= 4 is 5.91 Å². The summed E-state index contributed by atoms with van der Waals surface area (Å²) in [5.41, 5.74) is 3.86. The number of methoxy groups -OCH3 is 1. The van der Waals surface area contributed by atoms with Crippen molar-refractivity contribution in [2.24, 2.45) is 5.92 Å². The molecular weight excluding hydrogens is 214 g/mol. The zero-order valence-corrected chi connectivity index (χ0v) is 10.6. The molecular formula is C14H19NO2. The second-order valence-corrected chi connectivity index (χ2v) is 4.86. The third-order valence-corrected chi connectivity index (χ3v) is 3.34. The first-order valence-corrected chi connectivity index (χ1v) is 5.99. The van der Waals surface area contributed by atoms with Crippen LogP contribution in [0.5, 0.6) is 0 Å². The van der Waals surface area contributed by atoms with Crippen molar-refractivity contribution in [1.29, 1.82) is 0 Å². The zero-order valence-electron chi connectivity index (χ0n) is 10.6. The van der Waals surface area contributed by atoms with Gasteiger partial charge in [-0.1, -0.05) is 30.7 Å². The molecule has 0 saturated heterocycles. The molecule has 0 unspecified atom stereocenters. The lowest BCUT2D eigenvalue weighted by molar-refractivity contribution is -0.125. The molecule has 1 aromatic carbocycles. The van der Waals surface area contributed by atoms with Crippen molar-refractivity contribution in [3.05, 3.63) is 34.9 Å². The van der Waals surface area contributed by atoms with Gasteiger partial charge in [0.2, 0.25) is 5.91 Å². The molecule has 17 heavy (non-hydrogen) atoms. The highest BCUT2D eigenvalue weighted by molar-refractivity contribution is 5.78. The zero-order chi connectivity index (χ0) is 12.4. The summed E-state index contributed by atoms with van der Waals surface area (Å²) >= 11 is 0. The molecule has 0 spiro atoms. The average molecular weight is 233 g/mol. The number of carbonyl (C=O) groups excluding carboxylic acids is 1. The quantitative estimate of drug-likeness (QED) is 0.867. The standard InChI is InChI=1S/C14H19NO2/c1-9-4-5-11-7-10(2)14(12(11)6-9)15-13(16)8-17-3/h4-6,10,14H,7-8H2,1-3H3,(H,15,16)/t10-,14+/m0/s1. The Kier molecular flexibility index (Phi) is 3.48. The van der Waals surface area contributed by atoms with E-state index >= 15 is 0 Å². The number of benzene rings is 1. The molecule has 2 rings (SSSR count). The smallest absolute Gasteiger partial charge is 0.246 e. The second-order valence-electron chi connectivity index (χ2n) is 4.86. The minimum atomic E-state index is -0.0429. The molecule has 0 saturated carbocycles. The van der Waals surface area contributed by atoms with Gasteiger partial charge in [-0.15, -0.1) is 0 Å². The molecule has 0 bridgehead atoms. The van der Waals surface area contributed by atoms with Crippen LogP contribution in [0, 0.1) is 12.8 Å². The van der Waals surface area contributed by atoms with Gasteiger partial charge in [0.15, 0.2) is 0 Å². The molecule has 1 aromatic rings. The molecule has 0 radical (unpaired) electrons. The van der Waals surface area contributed by atoms with Crippen LogP contribution in [0.2, 0.25) is 0 Å². The fraction of sp³-hybridized carbons (Fsp3) is 0.500. The monoisotopic (exact) mass is 233 g/mol. The first kappa shape index (κ1) is 12.1. The van der Waals surface area contributed by atoms with Crippen LogP contribution in [0.15, 0.2) is 18.2 Å². The van der Waals surface area contributed by atoms with Gasteiger partial charge in [0.05, 0.1) is 6.04 Å². The van der Waals surface area contributed by atoms with Crippen LogP contribution >= 0.6 is 0 Å². The van der Waals surface area contributed by atoms with Gasteiger partial charge < -0.3 is 10.1 Å². The minimum Gasteiger partial charge on any atom is -0.375 e. The highest BCUT2D eigenvalue weighted by Crippen LogP contribution is 2.36. The van der Waals surface area contributed by atoms with Crippen LogP contribution in [0.1, 0.15) is 29.7 Å². The SMILES string of the molecule is COCC(=O)N[C@H]1c2cc(C)ccc2C[C@@H]1C. The molecule has 1 aliphatic carbocycles. The van der Waals surface area contributed by atoms with Crippen LogP contribution in [-0.2, 0) is 16.0 Å². The van der Waals surface area contributed by atoms with Gasteiger partial charge in [-0.3, -0.25) is 4.79 Å². The molecule has 0 aromatic heterocycles. The van der Waals surface area contributed by atoms with E-state index in [1.165, 1.54) is 23.8 Å². The van der Waals surface area contributed by atoms with Crippen LogP contribution in [0.25, 0.3) is 0 Å². The van der Waals surface area contributed by atoms with Gasteiger partial charge in [-0.2, -0.15) is 0 Å². The van der Waals surface area contributed by atoms with Gasteiger partial charge >= 0.3 is 0 Å². The predicted octanol–water partition coefficient (Wildman–Crippen LogP) is 1.99. The number of hydrogen-bond acceptors (Lipinski definition) is 2. The minimum absolute atomic E-state index is 0.0429. The number of amides is 1. The van der Waals surface area contributed by atoms with Gasteiger partial charge in [0, 0.05) is 7.11 Å². The topological polar surface area (TPSA) is 38.3 Å². The average Bonchev–Trinajstić information content (AvgIpc) is 2.56. The van der Waals surface area contributed by atoms with Crippen LogP contribution < -0.4 is 5.32 Å². The number of fused-ring (bicyclic) bond motifs is 1. The summed E-state index contributed by atoms with van der Waals surface area (Å²) in [6.45, 7) is 4.38.